The van der Waals surface area contributed by atoms with Crippen molar-refractivity contribution < 1.29 is 8.78 Å². The fourth-order valence-electron chi connectivity index (χ4n) is 3.54. The summed E-state index contributed by atoms with van der Waals surface area (Å²) < 4.78 is 29.2. The summed E-state index contributed by atoms with van der Waals surface area (Å²) in [6.45, 7) is 6.70. The van der Waals surface area contributed by atoms with E-state index >= 15 is 0 Å². The number of aryl methyl sites for hydroxylation is 1. The maximum absolute atomic E-state index is 14.0. The van der Waals surface area contributed by atoms with Gasteiger partial charge in [-0.1, -0.05) is 6.07 Å². The molecule has 1 aliphatic heterocycles. The van der Waals surface area contributed by atoms with Gasteiger partial charge in [0.1, 0.15) is 11.6 Å². The first kappa shape index (κ1) is 21.8. The van der Waals surface area contributed by atoms with Gasteiger partial charge in [-0.3, -0.25) is 9.79 Å². The quantitative estimate of drug-likeness (QED) is 0.428. The standard InChI is InChI=1S/C22H29F2N5O/c1-2-25-22(26-10-4-6-12-28-11-5-3-7-21(28)30)29-15-13-27(14-16-29)20-17-18(23)8-9-19(20)24/h3,5,7-9,11,17H,2,4,6,10,12-16H2,1H3,(H,25,26). The lowest BCUT2D eigenvalue weighted by Crippen LogP contribution is -2.52. The van der Waals surface area contributed by atoms with Crippen LogP contribution in [0.15, 0.2) is 52.4 Å². The normalized spacial score (nSPS) is 14.8. The van der Waals surface area contributed by atoms with Gasteiger partial charge in [0.15, 0.2) is 5.96 Å². The first-order chi connectivity index (χ1) is 14.6. The summed E-state index contributed by atoms with van der Waals surface area (Å²) in [5, 5.41) is 3.31. The van der Waals surface area contributed by atoms with Crippen LogP contribution in [0.2, 0.25) is 0 Å². The van der Waals surface area contributed by atoms with E-state index in [9.17, 15) is 13.6 Å². The van der Waals surface area contributed by atoms with Crippen molar-refractivity contribution >= 4 is 11.6 Å². The highest BCUT2D eigenvalue weighted by Crippen LogP contribution is 2.21. The van der Waals surface area contributed by atoms with E-state index in [1.807, 2.05) is 17.9 Å². The molecule has 0 spiro atoms. The van der Waals surface area contributed by atoms with Crippen LogP contribution in [0.25, 0.3) is 0 Å². The third-order valence-corrected chi connectivity index (χ3v) is 5.13. The van der Waals surface area contributed by atoms with E-state index in [0.29, 0.717) is 45.0 Å². The molecule has 6 nitrogen and oxygen atoms in total. The molecule has 2 aromatic rings. The van der Waals surface area contributed by atoms with Crippen LogP contribution >= 0.6 is 0 Å². The number of nitrogens with zero attached hydrogens (tertiary/aromatic N) is 4. The van der Waals surface area contributed by atoms with Crippen LogP contribution in [0.3, 0.4) is 0 Å². The largest absolute Gasteiger partial charge is 0.366 e. The van der Waals surface area contributed by atoms with E-state index in [2.05, 4.69) is 10.2 Å². The number of anilines is 1. The van der Waals surface area contributed by atoms with Crippen molar-refractivity contribution in [2.24, 2.45) is 4.99 Å². The predicted octanol–water partition coefficient (Wildman–Crippen LogP) is 2.69. The van der Waals surface area contributed by atoms with Gasteiger partial charge in [-0.15, -0.1) is 0 Å². The molecule has 1 aliphatic rings. The highest BCUT2D eigenvalue weighted by molar-refractivity contribution is 5.80. The zero-order chi connectivity index (χ0) is 21.3. The van der Waals surface area contributed by atoms with Gasteiger partial charge in [0.2, 0.25) is 5.56 Å². The lowest BCUT2D eigenvalue weighted by atomic mass is 10.2. The molecule has 1 fully saturated rings. The Morgan fingerprint density at radius 2 is 1.90 bits per heavy atom. The minimum Gasteiger partial charge on any atom is -0.366 e. The Morgan fingerprint density at radius 1 is 1.10 bits per heavy atom. The van der Waals surface area contributed by atoms with Gasteiger partial charge in [0.25, 0.3) is 0 Å². The number of aromatic nitrogens is 1. The molecule has 0 unspecified atom stereocenters. The molecule has 0 bridgehead atoms. The van der Waals surface area contributed by atoms with Crippen molar-refractivity contribution in [3.63, 3.8) is 0 Å². The second-order valence-corrected chi connectivity index (χ2v) is 7.24. The van der Waals surface area contributed by atoms with Crippen molar-refractivity contribution in [3.05, 3.63) is 64.6 Å². The average Bonchev–Trinajstić information content (AvgIpc) is 2.76. The Kier molecular flexibility index (Phi) is 7.82. The fraction of sp³-hybridized carbons (Fsp3) is 0.455. The number of hydrogen-bond acceptors (Lipinski definition) is 3. The van der Waals surface area contributed by atoms with E-state index in [4.69, 9.17) is 4.99 Å². The molecule has 0 aliphatic carbocycles. The molecule has 3 rings (SSSR count). The summed E-state index contributed by atoms with van der Waals surface area (Å²) in [4.78, 5) is 20.5. The van der Waals surface area contributed by atoms with Crippen molar-refractivity contribution in [1.29, 1.82) is 0 Å². The van der Waals surface area contributed by atoms with Crippen molar-refractivity contribution in [2.75, 3.05) is 44.2 Å². The fourth-order valence-corrected chi connectivity index (χ4v) is 3.54. The van der Waals surface area contributed by atoms with Crippen molar-refractivity contribution in [1.82, 2.24) is 14.8 Å². The molecule has 0 amide bonds. The number of benzene rings is 1. The molecule has 0 radical (unpaired) electrons. The molecule has 1 aromatic heterocycles. The summed E-state index contributed by atoms with van der Waals surface area (Å²) >= 11 is 0. The molecule has 30 heavy (non-hydrogen) atoms. The molecule has 1 aromatic carbocycles. The zero-order valence-electron chi connectivity index (χ0n) is 17.4. The van der Waals surface area contributed by atoms with Gasteiger partial charge in [-0.05, 0) is 38.0 Å². The van der Waals surface area contributed by atoms with Crippen LogP contribution in [0, 0.1) is 11.6 Å². The first-order valence-electron chi connectivity index (χ1n) is 10.5. The SMILES string of the molecule is CCNC(=NCCCCn1ccccc1=O)N1CCN(c2cc(F)ccc2F)CC1. The Balaban J connectivity index is 1.50. The summed E-state index contributed by atoms with van der Waals surface area (Å²) in [7, 11) is 0. The van der Waals surface area contributed by atoms with E-state index in [1.165, 1.54) is 12.1 Å². The molecule has 2 heterocycles. The van der Waals surface area contributed by atoms with Crippen molar-refractivity contribution in [3.8, 4) is 0 Å². The third-order valence-electron chi connectivity index (χ3n) is 5.13. The van der Waals surface area contributed by atoms with Gasteiger partial charge in [0.05, 0.1) is 5.69 Å². The monoisotopic (exact) mass is 417 g/mol. The van der Waals surface area contributed by atoms with Gasteiger partial charge in [-0.2, -0.15) is 0 Å². The topological polar surface area (TPSA) is 52.9 Å². The molecule has 0 saturated carbocycles. The van der Waals surface area contributed by atoms with Crippen LogP contribution in [0.4, 0.5) is 14.5 Å². The summed E-state index contributed by atoms with van der Waals surface area (Å²) in [5.41, 5.74) is 0.328. The Bertz CT molecular complexity index is 906. The second-order valence-electron chi connectivity index (χ2n) is 7.24. The maximum atomic E-state index is 14.0. The minimum atomic E-state index is -0.429. The Hall–Kier alpha value is -2.90. The number of nitrogens with one attached hydrogen (secondary N) is 1. The number of aliphatic imine (C=N–C) groups is 1. The van der Waals surface area contributed by atoms with Crippen LogP contribution in [-0.2, 0) is 6.54 Å². The van der Waals surface area contributed by atoms with E-state index in [-0.39, 0.29) is 5.56 Å². The molecule has 1 saturated heterocycles. The summed E-state index contributed by atoms with van der Waals surface area (Å²) in [5.74, 6) is 0.0122. The first-order valence-corrected chi connectivity index (χ1v) is 10.5. The Morgan fingerprint density at radius 3 is 2.63 bits per heavy atom. The lowest BCUT2D eigenvalue weighted by molar-refractivity contribution is 0.370. The van der Waals surface area contributed by atoms with E-state index < -0.39 is 11.6 Å². The van der Waals surface area contributed by atoms with E-state index in [1.54, 1.807) is 22.9 Å². The highest BCUT2D eigenvalue weighted by atomic mass is 19.1. The van der Waals surface area contributed by atoms with Gasteiger partial charge in [-0.25, -0.2) is 8.78 Å². The van der Waals surface area contributed by atoms with Gasteiger partial charge >= 0.3 is 0 Å². The third kappa shape index (κ3) is 5.81. The number of unbranched alkanes of at least 4 members (excludes halogenated alkanes) is 1. The average molecular weight is 418 g/mol. The molecular weight excluding hydrogens is 388 g/mol. The summed E-state index contributed by atoms with van der Waals surface area (Å²) in [6, 6.07) is 8.73. The van der Waals surface area contributed by atoms with Crippen LogP contribution in [-0.4, -0.2) is 54.7 Å². The predicted molar refractivity (Wildman–Crippen MR) is 116 cm³/mol. The number of guanidine groups is 1. The second kappa shape index (κ2) is 10.8. The molecule has 162 valence electrons. The minimum absolute atomic E-state index is 0.0157. The van der Waals surface area contributed by atoms with Crippen LogP contribution in [0.5, 0.6) is 0 Å². The van der Waals surface area contributed by atoms with Crippen molar-refractivity contribution in [2.45, 2.75) is 26.3 Å². The zero-order valence-corrected chi connectivity index (χ0v) is 17.4. The van der Waals surface area contributed by atoms with E-state index in [0.717, 1.165) is 31.4 Å². The number of halogens is 2. The summed E-state index contributed by atoms with van der Waals surface area (Å²) in [6.07, 6.45) is 3.56. The number of piperazine rings is 1. The number of hydrogen-bond donors (Lipinski definition) is 1. The lowest BCUT2D eigenvalue weighted by Gasteiger charge is -2.37. The van der Waals surface area contributed by atoms with Gasteiger partial charge in [0, 0.05) is 64.1 Å². The molecular formula is C22H29F2N5O. The number of pyridine rings is 1. The molecule has 1 N–H and O–H groups in total. The number of rotatable bonds is 7. The molecule has 8 heteroatoms. The smallest absolute Gasteiger partial charge is 0.250 e. The molecule has 0 atom stereocenters. The van der Waals surface area contributed by atoms with Gasteiger partial charge < -0.3 is 19.7 Å². The Labute approximate surface area is 175 Å². The maximum Gasteiger partial charge on any atom is 0.250 e. The van der Waals surface area contributed by atoms with Crippen LogP contribution < -0.4 is 15.8 Å². The highest BCUT2D eigenvalue weighted by Gasteiger charge is 2.22. The van der Waals surface area contributed by atoms with Crippen LogP contribution in [0.1, 0.15) is 19.8 Å².